The summed E-state index contributed by atoms with van der Waals surface area (Å²) in [7, 11) is 2.07. The van der Waals surface area contributed by atoms with Crippen LogP contribution in [-0.4, -0.2) is 31.6 Å². The third kappa shape index (κ3) is 4.32. The summed E-state index contributed by atoms with van der Waals surface area (Å²) >= 11 is 0. The number of likely N-dealkylation sites (tertiary alicyclic amines) is 1. The van der Waals surface area contributed by atoms with Crippen LogP contribution in [0.2, 0.25) is 0 Å². The molecule has 0 amide bonds. The highest BCUT2D eigenvalue weighted by molar-refractivity contribution is 5.18. The number of rotatable bonds is 5. The van der Waals surface area contributed by atoms with Crippen LogP contribution in [0.25, 0.3) is 0 Å². The molecular weight excluding hydrogens is 232 g/mol. The average molecular weight is 260 g/mol. The van der Waals surface area contributed by atoms with Gasteiger partial charge in [0.05, 0.1) is 0 Å². The van der Waals surface area contributed by atoms with Gasteiger partial charge in [-0.05, 0) is 43.8 Å². The molecule has 0 bridgehead atoms. The second-order valence-electron chi connectivity index (χ2n) is 6.25. The van der Waals surface area contributed by atoms with E-state index in [-0.39, 0.29) is 0 Å². The van der Waals surface area contributed by atoms with E-state index in [1.165, 1.54) is 38.0 Å². The summed E-state index contributed by atoms with van der Waals surface area (Å²) in [6.07, 6.45) is 2.59. The molecule has 1 aromatic rings. The number of hydrogen-bond donors (Lipinski definition) is 1. The molecule has 19 heavy (non-hydrogen) atoms. The van der Waals surface area contributed by atoms with Crippen molar-refractivity contribution in [1.29, 1.82) is 0 Å². The minimum absolute atomic E-state index is 0.480. The van der Waals surface area contributed by atoms with Crippen LogP contribution < -0.4 is 5.32 Å². The van der Waals surface area contributed by atoms with Crippen LogP contribution in [0, 0.1) is 11.8 Å². The number of nitrogens with zero attached hydrogens (tertiary/aromatic N) is 1. The standard InChI is InChI=1S/C17H28N2/c1-14-11-15(2)13-19(12-14)10-9-17(18-3)16-7-5-4-6-8-16/h4-8,14-15,17-18H,9-13H2,1-3H3. The fourth-order valence-electron chi connectivity index (χ4n) is 3.45. The number of piperidine rings is 1. The zero-order valence-electron chi connectivity index (χ0n) is 12.6. The van der Waals surface area contributed by atoms with Crippen molar-refractivity contribution in [3.05, 3.63) is 35.9 Å². The Hall–Kier alpha value is -0.860. The fourth-order valence-corrected chi connectivity index (χ4v) is 3.45. The van der Waals surface area contributed by atoms with Crippen molar-refractivity contribution in [1.82, 2.24) is 10.2 Å². The Labute approximate surface area is 118 Å². The van der Waals surface area contributed by atoms with Gasteiger partial charge in [-0.1, -0.05) is 44.2 Å². The van der Waals surface area contributed by atoms with Crippen molar-refractivity contribution in [2.45, 2.75) is 32.7 Å². The first-order valence-electron chi connectivity index (χ1n) is 7.63. The van der Waals surface area contributed by atoms with Gasteiger partial charge in [-0.25, -0.2) is 0 Å². The lowest BCUT2D eigenvalue weighted by Gasteiger charge is -2.35. The number of hydrogen-bond acceptors (Lipinski definition) is 2. The summed E-state index contributed by atoms with van der Waals surface area (Å²) < 4.78 is 0. The van der Waals surface area contributed by atoms with Crippen molar-refractivity contribution in [2.75, 3.05) is 26.7 Å². The Balaban J connectivity index is 1.86. The van der Waals surface area contributed by atoms with Crippen molar-refractivity contribution >= 4 is 0 Å². The molecule has 0 saturated carbocycles. The Morgan fingerprint density at radius 2 is 1.79 bits per heavy atom. The van der Waals surface area contributed by atoms with Crippen LogP contribution in [-0.2, 0) is 0 Å². The predicted molar refractivity (Wildman–Crippen MR) is 82.2 cm³/mol. The van der Waals surface area contributed by atoms with Crippen LogP contribution in [0.4, 0.5) is 0 Å². The molecule has 1 saturated heterocycles. The topological polar surface area (TPSA) is 15.3 Å². The molecule has 0 aromatic heterocycles. The Morgan fingerprint density at radius 1 is 1.16 bits per heavy atom. The summed E-state index contributed by atoms with van der Waals surface area (Å²) in [5, 5.41) is 3.45. The molecule has 1 aliphatic heterocycles. The van der Waals surface area contributed by atoms with Crippen molar-refractivity contribution < 1.29 is 0 Å². The minimum Gasteiger partial charge on any atom is -0.313 e. The van der Waals surface area contributed by atoms with Gasteiger partial charge < -0.3 is 10.2 Å². The third-order valence-corrected chi connectivity index (χ3v) is 4.23. The summed E-state index contributed by atoms with van der Waals surface area (Å²) in [4.78, 5) is 2.64. The van der Waals surface area contributed by atoms with E-state index in [2.05, 4.69) is 61.4 Å². The molecule has 1 aliphatic rings. The Kier molecular flexibility index (Phi) is 5.41. The van der Waals surface area contributed by atoms with Crippen LogP contribution in [0.3, 0.4) is 0 Å². The van der Waals surface area contributed by atoms with Gasteiger partial charge in [-0.2, -0.15) is 0 Å². The zero-order valence-corrected chi connectivity index (χ0v) is 12.6. The largest absolute Gasteiger partial charge is 0.313 e. The van der Waals surface area contributed by atoms with E-state index in [9.17, 15) is 0 Å². The normalized spacial score (nSPS) is 26.3. The van der Waals surface area contributed by atoms with E-state index in [0.29, 0.717) is 6.04 Å². The second kappa shape index (κ2) is 7.06. The molecule has 2 nitrogen and oxygen atoms in total. The van der Waals surface area contributed by atoms with E-state index in [1.54, 1.807) is 0 Å². The highest BCUT2D eigenvalue weighted by atomic mass is 15.1. The Morgan fingerprint density at radius 3 is 2.37 bits per heavy atom. The van der Waals surface area contributed by atoms with Crippen LogP contribution in [0.1, 0.15) is 38.3 Å². The van der Waals surface area contributed by atoms with Crippen molar-refractivity contribution in [2.24, 2.45) is 11.8 Å². The lowest BCUT2D eigenvalue weighted by molar-refractivity contribution is 0.136. The van der Waals surface area contributed by atoms with Gasteiger partial charge >= 0.3 is 0 Å². The maximum Gasteiger partial charge on any atom is 0.0329 e. The fraction of sp³-hybridized carbons (Fsp3) is 0.647. The SMILES string of the molecule is CNC(CCN1CC(C)CC(C)C1)c1ccccc1. The highest BCUT2D eigenvalue weighted by Gasteiger charge is 2.22. The van der Waals surface area contributed by atoms with Crippen LogP contribution in [0.5, 0.6) is 0 Å². The molecule has 2 heteroatoms. The molecule has 1 heterocycles. The first kappa shape index (κ1) is 14.5. The molecular formula is C17H28N2. The van der Waals surface area contributed by atoms with Gasteiger partial charge in [0.1, 0.15) is 0 Å². The average Bonchev–Trinajstić information content (AvgIpc) is 2.39. The summed E-state index contributed by atoms with van der Waals surface area (Å²) in [6, 6.07) is 11.3. The Bertz CT molecular complexity index is 353. The van der Waals surface area contributed by atoms with E-state index in [4.69, 9.17) is 0 Å². The minimum atomic E-state index is 0.480. The molecule has 0 spiro atoms. The van der Waals surface area contributed by atoms with Gasteiger partial charge in [0.2, 0.25) is 0 Å². The predicted octanol–water partition coefficient (Wildman–Crippen LogP) is 3.32. The van der Waals surface area contributed by atoms with Gasteiger partial charge in [0.15, 0.2) is 0 Å². The van der Waals surface area contributed by atoms with E-state index in [1.807, 2.05) is 0 Å². The maximum atomic E-state index is 3.45. The van der Waals surface area contributed by atoms with Crippen LogP contribution >= 0.6 is 0 Å². The highest BCUT2D eigenvalue weighted by Crippen LogP contribution is 2.23. The van der Waals surface area contributed by atoms with Gasteiger partial charge in [-0.15, -0.1) is 0 Å². The molecule has 106 valence electrons. The quantitative estimate of drug-likeness (QED) is 0.873. The van der Waals surface area contributed by atoms with E-state index in [0.717, 1.165) is 11.8 Å². The van der Waals surface area contributed by atoms with E-state index >= 15 is 0 Å². The number of nitrogens with one attached hydrogen (secondary N) is 1. The van der Waals surface area contributed by atoms with Gasteiger partial charge in [0.25, 0.3) is 0 Å². The molecule has 1 fully saturated rings. The van der Waals surface area contributed by atoms with Gasteiger partial charge in [-0.3, -0.25) is 0 Å². The molecule has 3 atom stereocenters. The molecule has 1 aromatic carbocycles. The van der Waals surface area contributed by atoms with Crippen LogP contribution in [0.15, 0.2) is 30.3 Å². The molecule has 0 aliphatic carbocycles. The second-order valence-corrected chi connectivity index (χ2v) is 6.25. The number of benzene rings is 1. The molecule has 2 rings (SSSR count). The van der Waals surface area contributed by atoms with Gasteiger partial charge in [0, 0.05) is 19.1 Å². The van der Waals surface area contributed by atoms with Crippen molar-refractivity contribution in [3.63, 3.8) is 0 Å². The first-order chi connectivity index (χ1) is 9.19. The molecule has 1 N–H and O–H groups in total. The lowest BCUT2D eigenvalue weighted by Crippen LogP contribution is -2.40. The zero-order chi connectivity index (χ0) is 13.7. The smallest absolute Gasteiger partial charge is 0.0329 e. The maximum absolute atomic E-state index is 3.45. The summed E-state index contributed by atoms with van der Waals surface area (Å²) in [5.41, 5.74) is 1.41. The monoisotopic (exact) mass is 260 g/mol. The first-order valence-corrected chi connectivity index (χ1v) is 7.63. The molecule has 3 unspecified atom stereocenters. The van der Waals surface area contributed by atoms with Crippen molar-refractivity contribution in [3.8, 4) is 0 Å². The lowest BCUT2D eigenvalue weighted by atomic mass is 9.91. The summed E-state index contributed by atoms with van der Waals surface area (Å²) in [5.74, 6) is 1.71. The third-order valence-electron chi connectivity index (χ3n) is 4.23. The summed E-state index contributed by atoms with van der Waals surface area (Å²) in [6.45, 7) is 8.52. The molecule has 0 radical (unpaired) electrons. The van der Waals surface area contributed by atoms with E-state index < -0.39 is 0 Å².